The molecule has 0 atom stereocenters. The summed E-state index contributed by atoms with van der Waals surface area (Å²) < 4.78 is 0. The molecule has 3 aromatic rings. The number of carbonyl (C=O) groups excluding carboxylic acids is 1. The molecule has 1 aromatic heterocycles. The Hall–Kier alpha value is -3.21. The van der Waals surface area contributed by atoms with Crippen LogP contribution in [0.5, 0.6) is 0 Å². The molecule has 5 nitrogen and oxygen atoms in total. The summed E-state index contributed by atoms with van der Waals surface area (Å²) in [6, 6.07) is 21.4. The van der Waals surface area contributed by atoms with E-state index in [-0.39, 0.29) is 5.91 Å². The van der Waals surface area contributed by atoms with Crippen molar-refractivity contribution in [3.8, 4) is 0 Å². The van der Waals surface area contributed by atoms with Crippen LogP contribution in [0.2, 0.25) is 0 Å². The lowest BCUT2D eigenvalue weighted by atomic mass is 10.1. The Kier molecular flexibility index (Phi) is 5.93. The van der Waals surface area contributed by atoms with Gasteiger partial charge in [-0.1, -0.05) is 48.0 Å². The normalized spacial score (nSPS) is 10.3. The third-order valence-corrected chi connectivity index (χ3v) is 4.01. The van der Waals surface area contributed by atoms with Crippen LogP contribution in [0.3, 0.4) is 0 Å². The zero-order valence-electron chi connectivity index (χ0n) is 14.8. The molecular weight excluding hydrogens is 324 g/mol. The minimum absolute atomic E-state index is 0.192. The number of hydrogen-bond donors (Lipinski definition) is 2. The first kappa shape index (κ1) is 17.6. The number of benzene rings is 2. The van der Waals surface area contributed by atoms with Crippen molar-refractivity contribution in [2.75, 3.05) is 17.2 Å². The summed E-state index contributed by atoms with van der Waals surface area (Å²) in [4.78, 5) is 12.2. The molecule has 0 radical (unpaired) electrons. The summed E-state index contributed by atoms with van der Waals surface area (Å²) in [6.07, 6.45) is 2.03. The van der Waals surface area contributed by atoms with Crippen LogP contribution < -0.4 is 10.6 Å². The SMILES string of the molecule is Cc1ccc(C(=O)Nc2ccc(NCCCc3ccccc3)nn2)cc1. The summed E-state index contributed by atoms with van der Waals surface area (Å²) in [5.41, 5.74) is 3.04. The summed E-state index contributed by atoms with van der Waals surface area (Å²) >= 11 is 0. The van der Waals surface area contributed by atoms with Crippen molar-refractivity contribution in [3.63, 3.8) is 0 Å². The Morgan fingerprint density at radius 1 is 0.885 bits per heavy atom. The predicted molar refractivity (Wildman–Crippen MR) is 104 cm³/mol. The summed E-state index contributed by atoms with van der Waals surface area (Å²) in [7, 11) is 0. The molecule has 0 unspecified atom stereocenters. The van der Waals surface area contributed by atoms with E-state index in [4.69, 9.17) is 0 Å². The van der Waals surface area contributed by atoms with Crippen LogP contribution in [-0.4, -0.2) is 22.6 Å². The zero-order chi connectivity index (χ0) is 18.2. The second-order valence-electron chi connectivity index (χ2n) is 6.14. The third-order valence-electron chi connectivity index (χ3n) is 4.01. The van der Waals surface area contributed by atoms with Gasteiger partial charge in [-0.3, -0.25) is 4.79 Å². The molecule has 0 aliphatic carbocycles. The van der Waals surface area contributed by atoms with Crippen molar-refractivity contribution in [1.29, 1.82) is 0 Å². The molecular formula is C21H22N4O. The fraction of sp³-hybridized carbons (Fsp3) is 0.190. The molecule has 5 heteroatoms. The van der Waals surface area contributed by atoms with Crippen molar-refractivity contribution in [3.05, 3.63) is 83.4 Å². The number of aromatic nitrogens is 2. The molecule has 132 valence electrons. The zero-order valence-corrected chi connectivity index (χ0v) is 14.8. The Labute approximate surface area is 153 Å². The molecule has 0 saturated heterocycles. The van der Waals surface area contributed by atoms with Crippen molar-refractivity contribution < 1.29 is 4.79 Å². The summed E-state index contributed by atoms with van der Waals surface area (Å²) in [5.74, 6) is 0.944. The van der Waals surface area contributed by atoms with Gasteiger partial charge < -0.3 is 10.6 Å². The Morgan fingerprint density at radius 3 is 2.27 bits per heavy atom. The maximum absolute atomic E-state index is 12.2. The average molecular weight is 346 g/mol. The fourth-order valence-electron chi connectivity index (χ4n) is 2.54. The first-order valence-electron chi connectivity index (χ1n) is 8.70. The Balaban J connectivity index is 1.45. The van der Waals surface area contributed by atoms with E-state index in [1.165, 1.54) is 5.56 Å². The second kappa shape index (κ2) is 8.76. The molecule has 0 aliphatic rings. The molecule has 0 bridgehead atoms. The summed E-state index contributed by atoms with van der Waals surface area (Å²) in [6.45, 7) is 2.80. The van der Waals surface area contributed by atoms with Gasteiger partial charge in [0, 0.05) is 12.1 Å². The third kappa shape index (κ3) is 5.14. The number of amides is 1. The monoisotopic (exact) mass is 346 g/mol. The van der Waals surface area contributed by atoms with Gasteiger partial charge in [0.15, 0.2) is 5.82 Å². The Bertz CT molecular complexity index is 830. The van der Waals surface area contributed by atoms with Gasteiger partial charge >= 0.3 is 0 Å². The van der Waals surface area contributed by atoms with E-state index < -0.39 is 0 Å². The van der Waals surface area contributed by atoms with Gasteiger partial charge in [0.05, 0.1) is 0 Å². The van der Waals surface area contributed by atoms with Gasteiger partial charge in [-0.2, -0.15) is 0 Å². The average Bonchev–Trinajstić information content (AvgIpc) is 2.68. The van der Waals surface area contributed by atoms with Crippen LogP contribution in [0.1, 0.15) is 27.9 Å². The minimum Gasteiger partial charge on any atom is -0.369 e. The highest BCUT2D eigenvalue weighted by Crippen LogP contribution is 2.10. The van der Waals surface area contributed by atoms with Gasteiger partial charge in [-0.15, -0.1) is 10.2 Å². The van der Waals surface area contributed by atoms with Crippen molar-refractivity contribution in [1.82, 2.24) is 10.2 Å². The first-order valence-corrected chi connectivity index (χ1v) is 8.70. The smallest absolute Gasteiger partial charge is 0.256 e. The lowest BCUT2D eigenvalue weighted by molar-refractivity contribution is 0.102. The Morgan fingerprint density at radius 2 is 1.58 bits per heavy atom. The topological polar surface area (TPSA) is 66.9 Å². The molecule has 0 saturated carbocycles. The van der Waals surface area contributed by atoms with Crippen LogP contribution in [0.15, 0.2) is 66.7 Å². The number of carbonyl (C=O) groups is 1. The van der Waals surface area contributed by atoms with Crippen molar-refractivity contribution in [2.45, 2.75) is 19.8 Å². The van der Waals surface area contributed by atoms with E-state index in [2.05, 4.69) is 45.1 Å². The quantitative estimate of drug-likeness (QED) is 0.633. The first-order chi connectivity index (χ1) is 12.7. The van der Waals surface area contributed by atoms with E-state index >= 15 is 0 Å². The fourth-order valence-corrected chi connectivity index (χ4v) is 2.54. The lowest BCUT2D eigenvalue weighted by Crippen LogP contribution is -2.14. The maximum atomic E-state index is 12.2. The molecule has 2 N–H and O–H groups in total. The van der Waals surface area contributed by atoms with E-state index in [0.29, 0.717) is 17.2 Å². The van der Waals surface area contributed by atoms with E-state index in [0.717, 1.165) is 24.9 Å². The van der Waals surface area contributed by atoms with E-state index in [9.17, 15) is 4.79 Å². The molecule has 1 heterocycles. The van der Waals surface area contributed by atoms with Crippen LogP contribution in [0, 0.1) is 6.92 Å². The molecule has 1 amide bonds. The molecule has 0 fully saturated rings. The maximum Gasteiger partial charge on any atom is 0.256 e. The molecule has 0 aliphatic heterocycles. The van der Waals surface area contributed by atoms with E-state index in [1.807, 2.05) is 31.2 Å². The highest BCUT2D eigenvalue weighted by atomic mass is 16.1. The van der Waals surface area contributed by atoms with Crippen LogP contribution in [-0.2, 0) is 6.42 Å². The molecule has 3 rings (SSSR count). The van der Waals surface area contributed by atoms with Crippen LogP contribution >= 0.6 is 0 Å². The second-order valence-corrected chi connectivity index (χ2v) is 6.14. The van der Waals surface area contributed by atoms with Crippen LogP contribution in [0.4, 0.5) is 11.6 Å². The number of nitrogens with zero attached hydrogens (tertiary/aromatic N) is 2. The van der Waals surface area contributed by atoms with Gasteiger partial charge in [-0.05, 0) is 49.6 Å². The van der Waals surface area contributed by atoms with Crippen LogP contribution in [0.25, 0.3) is 0 Å². The minimum atomic E-state index is -0.192. The highest BCUT2D eigenvalue weighted by Gasteiger charge is 2.07. The van der Waals surface area contributed by atoms with Crippen molar-refractivity contribution in [2.24, 2.45) is 0 Å². The molecule has 26 heavy (non-hydrogen) atoms. The molecule has 2 aromatic carbocycles. The van der Waals surface area contributed by atoms with Gasteiger partial charge in [0.25, 0.3) is 5.91 Å². The van der Waals surface area contributed by atoms with Gasteiger partial charge in [0.1, 0.15) is 5.82 Å². The van der Waals surface area contributed by atoms with Gasteiger partial charge in [0.2, 0.25) is 0 Å². The van der Waals surface area contributed by atoms with Crippen molar-refractivity contribution >= 4 is 17.5 Å². The lowest BCUT2D eigenvalue weighted by Gasteiger charge is -2.07. The number of aryl methyl sites for hydroxylation is 2. The van der Waals surface area contributed by atoms with Gasteiger partial charge in [-0.25, -0.2) is 0 Å². The number of nitrogens with one attached hydrogen (secondary N) is 2. The van der Waals surface area contributed by atoms with E-state index in [1.54, 1.807) is 18.2 Å². The standard InChI is InChI=1S/C21H22N4O/c1-16-9-11-18(12-10-16)21(26)23-20-14-13-19(24-25-20)22-15-5-8-17-6-3-2-4-7-17/h2-4,6-7,9-14H,5,8,15H2,1H3,(H,22,24)(H,23,25,26). The number of hydrogen-bond acceptors (Lipinski definition) is 4. The number of rotatable bonds is 7. The molecule has 0 spiro atoms. The highest BCUT2D eigenvalue weighted by molar-refractivity contribution is 6.03. The summed E-state index contributed by atoms with van der Waals surface area (Å²) in [5, 5.41) is 14.2. The predicted octanol–water partition coefficient (Wildman–Crippen LogP) is 4.08. The number of anilines is 2. The largest absolute Gasteiger partial charge is 0.369 e.